The summed E-state index contributed by atoms with van der Waals surface area (Å²) in [6.07, 6.45) is -0.192. The van der Waals surface area contributed by atoms with Crippen LogP contribution in [0.2, 0.25) is 5.02 Å². The van der Waals surface area contributed by atoms with Crippen molar-refractivity contribution in [1.29, 1.82) is 0 Å². The zero-order chi connectivity index (χ0) is 23.4. The lowest BCUT2D eigenvalue weighted by atomic mass is 9.97. The number of rotatable bonds is 5. The van der Waals surface area contributed by atoms with Gasteiger partial charge in [0.25, 0.3) is 0 Å². The number of ether oxygens (including phenoxy) is 1. The maximum absolute atomic E-state index is 10.8. The van der Waals surface area contributed by atoms with Crippen LogP contribution in [-0.4, -0.2) is 48.3 Å². The SMILES string of the molecule is O[C@@H]1[C@@H](O)[C@H](n2cc(Cc3ccc(C4CC4)cc3)c3c(Cl)cccc32)O[C@H](c2ncon2)[C@H]1O. The molecule has 2 aliphatic rings. The number of aromatic nitrogens is 3. The van der Waals surface area contributed by atoms with Crippen LogP contribution in [0.25, 0.3) is 10.9 Å². The van der Waals surface area contributed by atoms with Gasteiger partial charge in [-0.3, -0.25) is 0 Å². The minimum atomic E-state index is -1.47. The Labute approximate surface area is 200 Å². The van der Waals surface area contributed by atoms with Crippen LogP contribution in [0.15, 0.2) is 59.6 Å². The summed E-state index contributed by atoms with van der Waals surface area (Å²) in [5.74, 6) is 0.790. The summed E-state index contributed by atoms with van der Waals surface area (Å²) < 4.78 is 12.6. The van der Waals surface area contributed by atoms with Crippen LogP contribution in [0, 0.1) is 0 Å². The molecule has 6 rings (SSSR count). The number of nitrogens with zero attached hydrogens (tertiary/aromatic N) is 3. The van der Waals surface area contributed by atoms with Crippen molar-refractivity contribution in [3.8, 4) is 0 Å². The van der Waals surface area contributed by atoms with E-state index < -0.39 is 30.6 Å². The van der Waals surface area contributed by atoms with Gasteiger partial charge in [0, 0.05) is 11.6 Å². The predicted octanol–water partition coefficient (Wildman–Crippen LogP) is 3.50. The average Bonchev–Trinajstić information content (AvgIpc) is 3.42. The van der Waals surface area contributed by atoms with E-state index in [2.05, 4.69) is 34.4 Å². The smallest absolute Gasteiger partial charge is 0.213 e. The predicted molar refractivity (Wildman–Crippen MR) is 123 cm³/mol. The molecule has 0 unspecified atom stereocenters. The van der Waals surface area contributed by atoms with Gasteiger partial charge >= 0.3 is 0 Å². The van der Waals surface area contributed by atoms with Crippen LogP contribution < -0.4 is 0 Å². The number of benzene rings is 2. The Kier molecular flexibility index (Phi) is 5.43. The minimum absolute atomic E-state index is 0.0916. The molecule has 4 aromatic rings. The average molecular weight is 482 g/mol. The van der Waals surface area contributed by atoms with E-state index in [0.717, 1.165) is 28.4 Å². The fourth-order valence-corrected chi connectivity index (χ4v) is 5.14. The lowest BCUT2D eigenvalue weighted by Crippen LogP contribution is -2.52. The molecule has 1 aliphatic heterocycles. The Balaban J connectivity index is 1.39. The van der Waals surface area contributed by atoms with Gasteiger partial charge in [0.2, 0.25) is 12.2 Å². The van der Waals surface area contributed by atoms with Crippen molar-refractivity contribution in [3.63, 3.8) is 0 Å². The Morgan fingerprint density at radius 3 is 2.50 bits per heavy atom. The van der Waals surface area contributed by atoms with Crippen LogP contribution in [0.5, 0.6) is 0 Å². The third kappa shape index (κ3) is 3.72. The fourth-order valence-electron chi connectivity index (χ4n) is 4.85. The van der Waals surface area contributed by atoms with Gasteiger partial charge in [-0.1, -0.05) is 47.1 Å². The largest absolute Gasteiger partial charge is 0.387 e. The minimum Gasteiger partial charge on any atom is -0.387 e. The molecular formula is C25H24ClN3O5. The first-order valence-corrected chi connectivity index (χ1v) is 11.7. The number of hydrogen-bond donors (Lipinski definition) is 3. The zero-order valence-corrected chi connectivity index (χ0v) is 18.9. The lowest BCUT2D eigenvalue weighted by Gasteiger charge is -2.40. The van der Waals surface area contributed by atoms with Crippen LogP contribution in [-0.2, 0) is 11.2 Å². The molecule has 2 aromatic heterocycles. The second kappa shape index (κ2) is 8.48. The number of aliphatic hydroxyl groups is 3. The highest BCUT2D eigenvalue weighted by atomic mass is 35.5. The van der Waals surface area contributed by atoms with Gasteiger partial charge in [0.05, 0.1) is 10.5 Å². The van der Waals surface area contributed by atoms with E-state index >= 15 is 0 Å². The molecule has 0 bridgehead atoms. The molecule has 0 spiro atoms. The van der Waals surface area contributed by atoms with E-state index in [1.165, 1.54) is 18.4 Å². The number of fused-ring (bicyclic) bond motifs is 1. The van der Waals surface area contributed by atoms with Gasteiger partial charge in [-0.05, 0) is 54.0 Å². The molecule has 9 heteroatoms. The molecule has 1 saturated heterocycles. The Bertz CT molecular complexity index is 1300. The van der Waals surface area contributed by atoms with Crippen LogP contribution >= 0.6 is 11.6 Å². The van der Waals surface area contributed by atoms with Crippen LogP contribution in [0.4, 0.5) is 0 Å². The quantitative estimate of drug-likeness (QED) is 0.399. The first-order chi connectivity index (χ1) is 16.5. The first kappa shape index (κ1) is 21.8. The molecule has 2 fully saturated rings. The van der Waals surface area contributed by atoms with Gasteiger partial charge < -0.3 is 29.1 Å². The Morgan fingerprint density at radius 1 is 1.00 bits per heavy atom. The molecule has 5 atom stereocenters. The molecule has 1 saturated carbocycles. The third-order valence-corrected chi connectivity index (χ3v) is 7.12. The topological polar surface area (TPSA) is 114 Å². The zero-order valence-electron chi connectivity index (χ0n) is 18.2. The highest BCUT2D eigenvalue weighted by Gasteiger charge is 2.47. The molecule has 3 heterocycles. The normalized spacial score (nSPS) is 27.4. The molecule has 2 aromatic carbocycles. The summed E-state index contributed by atoms with van der Waals surface area (Å²) >= 11 is 6.62. The molecule has 34 heavy (non-hydrogen) atoms. The van der Waals surface area contributed by atoms with Crippen molar-refractivity contribution in [2.45, 2.75) is 55.8 Å². The Hall–Kier alpha value is -2.75. The van der Waals surface area contributed by atoms with Gasteiger partial charge in [0.15, 0.2) is 12.3 Å². The summed E-state index contributed by atoms with van der Waals surface area (Å²) in [6, 6.07) is 14.2. The molecule has 0 radical (unpaired) electrons. The molecule has 3 N–H and O–H groups in total. The summed E-state index contributed by atoms with van der Waals surface area (Å²) in [7, 11) is 0. The lowest BCUT2D eigenvalue weighted by molar-refractivity contribution is -0.248. The number of halogens is 1. The van der Waals surface area contributed by atoms with Crippen molar-refractivity contribution in [2.75, 3.05) is 0 Å². The highest BCUT2D eigenvalue weighted by molar-refractivity contribution is 6.35. The van der Waals surface area contributed by atoms with Gasteiger partial charge in [-0.2, -0.15) is 4.98 Å². The van der Waals surface area contributed by atoms with E-state index in [-0.39, 0.29) is 5.82 Å². The molecule has 0 amide bonds. The van der Waals surface area contributed by atoms with Gasteiger partial charge in [-0.15, -0.1) is 0 Å². The van der Waals surface area contributed by atoms with E-state index in [4.69, 9.17) is 20.9 Å². The van der Waals surface area contributed by atoms with E-state index in [0.29, 0.717) is 17.4 Å². The van der Waals surface area contributed by atoms with Gasteiger partial charge in [0.1, 0.15) is 18.3 Å². The van der Waals surface area contributed by atoms with Gasteiger partial charge in [-0.25, -0.2) is 0 Å². The highest BCUT2D eigenvalue weighted by Crippen LogP contribution is 2.41. The summed E-state index contributed by atoms with van der Waals surface area (Å²) in [4.78, 5) is 3.95. The first-order valence-electron chi connectivity index (χ1n) is 11.3. The second-order valence-corrected chi connectivity index (χ2v) is 9.50. The van der Waals surface area contributed by atoms with E-state index in [1.807, 2.05) is 24.4 Å². The van der Waals surface area contributed by atoms with Crippen molar-refractivity contribution in [3.05, 3.63) is 82.6 Å². The van der Waals surface area contributed by atoms with Crippen molar-refractivity contribution >= 4 is 22.5 Å². The van der Waals surface area contributed by atoms with E-state index in [9.17, 15) is 15.3 Å². The fraction of sp³-hybridized carbons (Fsp3) is 0.360. The summed E-state index contributed by atoms with van der Waals surface area (Å²) in [6.45, 7) is 0. The van der Waals surface area contributed by atoms with Crippen molar-refractivity contribution in [1.82, 2.24) is 14.7 Å². The number of hydrogen-bond acceptors (Lipinski definition) is 7. The van der Waals surface area contributed by atoms with Crippen molar-refractivity contribution < 1.29 is 24.6 Å². The van der Waals surface area contributed by atoms with Crippen LogP contribution in [0.1, 0.15) is 53.6 Å². The van der Waals surface area contributed by atoms with E-state index in [1.54, 1.807) is 4.57 Å². The van der Waals surface area contributed by atoms with Crippen molar-refractivity contribution in [2.24, 2.45) is 0 Å². The maximum Gasteiger partial charge on any atom is 0.213 e. The molecule has 176 valence electrons. The summed E-state index contributed by atoms with van der Waals surface area (Å²) in [5, 5.41) is 37.1. The molecule has 1 aliphatic carbocycles. The summed E-state index contributed by atoms with van der Waals surface area (Å²) in [5.41, 5.74) is 4.24. The standard InChI is InChI=1S/C25H24ClN3O5/c26-17-2-1-3-18-19(17)16(10-13-4-6-14(7-5-13)15-8-9-15)11-29(18)25-22(32)20(30)21(31)23(34-25)24-27-12-33-28-24/h1-7,11-12,15,20-23,25,30-32H,8-10H2/t20-,21-,22+,23-,25+/m0/s1. The molecular weight excluding hydrogens is 458 g/mol. The Morgan fingerprint density at radius 2 is 1.79 bits per heavy atom. The number of aliphatic hydroxyl groups excluding tert-OH is 3. The second-order valence-electron chi connectivity index (χ2n) is 9.10. The maximum atomic E-state index is 10.8. The third-order valence-electron chi connectivity index (χ3n) is 6.80. The molecule has 8 nitrogen and oxygen atoms in total. The monoisotopic (exact) mass is 481 g/mol. The van der Waals surface area contributed by atoms with Crippen LogP contribution in [0.3, 0.4) is 0 Å².